The number of rotatable bonds is 10. The molecule has 0 aliphatic carbocycles. The largest absolute Gasteiger partial charge is 0.456 e. The third-order valence-electron chi connectivity index (χ3n) is 13.4. The van der Waals surface area contributed by atoms with Gasteiger partial charge < -0.3 is 49.6 Å². The number of Topliss-reactive ketones (excluding diaryl/α,β-unsaturated/α-hetero) is 1. The van der Waals surface area contributed by atoms with E-state index in [4.69, 9.17) is 23.9 Å². The molecule has 3 rings (SSSR count). The fourth-order valence-corrected chi connectivity index (χ4v) is 9.14. The molecule has 14 nitrogen and oxygen atoms in total. The first kappa shape index (κ1) is 55.2. The van der Waals surface area contributed by atoms with Crippen LogP contribution in [0.2, 0.25) is 0 Å². The van der Waals surface area contributed by atoms with Crippen molar-refractivity contribution in [3.05, 3.63) is 63.7 Å². The number of aliphatic hydroxyl groups is 6. The maximum absolute atomic E-state index is 14.7. The van der Waals surface area contributed by atoms with Gasteiger partial charge in [-0.05, 0) is 92.1 Å². The number of hydrogen-bond donors (Lipinski definition) is 6. The third-order valence-corrected chi connectivity index (χ3v) is 14.5. The zero-order chi connectivity index (χ0) is 48.5. The SMILES string of the molecule is COC1C(C)=CC=CCC(C(C)(O)C=C(C)Cc2csc(C3(C)OC3C)n2)OC(=O)C(C)(OC(=O)C(C)C(C)O)C(C)CC(C)CC(O)C(C)C(=O)C(CO)C=CCC(C)C(O)C1O. The lowest BCUT2D eigenvalue weighted by atomic mass is 9.79. The summed E-state index contributed by atoms with van der Waals surface area (Å²) in [5.74, 6) is -6.46. The Morgan fingerprint density at radius 2 is 1.70 bits per heavy atom. The van der Waals surface area contributed by atoms with E-state index in [1.165, 1.54) is 46.1 Å². The number of epoxide rings is 1. The Morgan fingerprint density at radius 1 is 1.06 bits per heavy atom. The van der Waals surface area contributed by atoms with Gasteiger partial charge in [0.05, 0.1) is 48.6 Å². The monoisotopic (exact) mass is 920 g/mol. The molecule has 2 aliphatic heterocycles. The van der Waals surface area contributed by atoms with E-state index in [0.717, 1.165) is 16.3 Å². The van der Waals surface area contributed by atoms with Gasteiger partial charge in [0.15, 0.2) is 0 Å². The Labute approximate surface area is 384 Å². The molecule has 15 heteroatoms. The quantitative estimate of drug-likeness (QED) is 0.0941. The van der Waals surface area contributed by atoms with Gasteiger partial charge in [-0.25, -0.2) is 9.78 Å². The number of thiazole rings is 1. The van der Waals surface area contributed by atoms with Crippen LogP contribution in [0.4, 0.5) is 0 Å². The highest BCUT2D eigenvalue weighted by Gasteiger charge is 2.53. The highest BCUT2D eigenvalue weighted by atomic mass is 32.1. The van der Waals surface area contributed by atoms with Gasteiger partial charge in [-0.1, -0.05) is 69.7 Å². The summed E-state index contributed by atoms with van der Waals surface area (Å²) in [6.07, 6.45) is 4.05. The average Bonchev–Trinajstić information content (AvgIpc) is 3.57. The van der Waals surface area contributed by atoms with Crippen molar-refractivity contribution in [2.24, 2.45) is 35.5 Å². The zero-order valence-corrected chi connectivity index (χ0v) is 41.0. The van der Waals surface area contributed by atoms with Gasteiger partial charge in [0.2, 0.25) is 5.60 Å². The summed E-state index contributed by atoms with van der Waals surface area (Å²) >= 11 is 1.50. The number of esters is 2. The number of allylic oxidation sites excluding steroid dienone is 4. The van der Waals surface area contributed by atoms with Crippen LogP contribution in [0.5, 0.6) is 0 Å². The fraction of sp³-hybridized carbons (Fsp3) is 0.714. The lowest BCUT2D eigenvalue weighted by Gasteiger charge is -2.38. The average molecular weight is 920 g/mol. The van der Waals surface area contributed by atoms with Gasteiger partial charge in [0, 0.05) is 37.2 Å². The Morgan fingerprint density at radius 3 is 2.28 bits per heavy atom. The molecular formula is C49H77NO13S. The van der Waals surface area contributed by atoms with Crippen molar-refractivity contribution in [2.75, 3.05) is 13.7 Å². The van der Waals surface area contributed by atoms with Crippen molar-refractivity contribution < 1.29 is 64.0 Å². The van der Waals surface area contributed by atoms with E-state index in [2.05, 4.69) is 0 Å². The molecule has 0 saturated carbocycles. The Kier molecular flexibility index (Phi) is 20.3. The van der Waals surface area contributed by atoms with Crippen LogP contribution in [0, 0.1) is 35.5 Å². The van der Waals surface area contributed by atoms with Gasteiger partial charge in [-0.3, -0.25) is 9.59 Å². The van der Waals surface area contributed by atoms with Crippen LogP contribution in [-0.4, -0.2) is 121 Å². The number of hydrogen-bond acceptors (Lipinski definition) is 15. The number of aromatic nitrogens is 1. The predicted molar refractivity (Wildman–Crippen MR) is 245 cm³/mol. The first-order valence-corrected chi connectivity index (χ1v) is 23.5. The van der Waals surface area contributed by atoms with Gasteiger partial charge in [0.25, 0.3) is 0 Å². The number of carbonyl (C=O) groups is 3. The first-order chi connectivity index (χ1) is 29.7. The molecule has 1 saturated heterocycles. The van der Waals surface area contributed by atoms with Crippen LogP contribution in [-0.2, 0) is 45.4 Å². The molecule has 0 spiro atoms. The summed E-state index contributed by atoms with van der Waals surface area (Å²) in [5.41, 5.74) is -2.04. The molecule has 1 aromatic heterocycles. The highest BCUT2D eigenvalue weighted by Crippen LogP contribution is 2.46. The molecule has 16 unspecified atom stereocenters. The van der Waals surface area contributed by atoms with Gasteiger partial charge in [-0.2, -0.15) is 0 Å². The first-order valence-electron chi connectivity index (χ1n) is 22.6. The second-order valence-electron chi connectivity index (χ2n) is 19.2. The van der Waals surface area contributed by atoms with Crippen LogP contribution in [0.1, 0.15) is 119 Å². The highest BCUT2D eigenvalue weighted by molar-refractivity contribution is 7.09. The van der Waals surface area contributed by atoms with Crippen molar-refractivity contribution in [3.63, 3.8) is 0 Å². The van der Waals surface area contributed by atoms with Crippen LogP contribution in [0.15, 0.2) is 53.0 Å². The minimum absolute atomic E-state index is 0.0151. The van der Waals surface area contributed by atoms with Crippen LogP contribution >= 0.6 is 11.3 Å². The molecule has 0 aromatic carbocycles. The smallest absolute Gasteiger partial charge is 0.350 e. The summed E-state index contributed by atoms with van der Waals surface area (Å²) < 4.78 is 23.6. The number of ketones is 1. The van der Waals surface area contributed by atoms with E-state index >= 15 is 0 Å². The maximum atomic E-state index is 14.7. The molecule has 0 radical (unpaired) electrons. The number of cyclic esters (lactones) is 1. The molecule has 0 amide bonds. The minimum Gasteiger partial charge on any atom is -0.456 e. The number of nitrogens with zero attached hydrogens (tertiary/aromatic N) is 1. The zero-order valence-electron chi connectivity index (χ0n) is 40.2. The standard InChI is InChI=1S/C49H77NO13S/c1-27-21-31(5)48(11,63-44(57)32(6)34(8)52)46(58)61-39(47(10,59)24-28(2)22-37-26-64-45(50-37)49(12)35(9)62-49)20-15-14-17-30(4)43(60-13)42(56)40(54)29(3)18-16-19-36(25-51)41(55)33(7)38(53)23-27/h14-17,19,24,26-27,29,31-36,38-40,42-43,51-54,56,59H,18,20-23,25H2,1-13H3. The Hall–Kier alpha value is -3.12. The van der Waals surface area contributed by atoms with E-state index in [1.54, 1.807) is 64.2 Å². The van der Waals surface area contributed by atoms with Gasteiger partial charge in [0.1, 0.15) is 40.3 Å². The van der Waals surface area contributed by atoms with E-state index in [1.807, 2.05) is 33.1 Å². The maximum Gasteiger partial charge on any atom is 0.350 e. The molecule has 1 fully saturated rings. The van der Waals surface area contributed by atoms with Crippen molar-refractivity contribution in [2.45, 2.75) is 175 Å². The molecular weight excluding hydrogens is 843 g/mol. The molecule has 64 heavy (non-hydrogen) atoms. The van der Waals surface area contributed by atoms with Crippen molar-refractivity contribution in [1.82, 2.24) is 4.98 Å². The summed E-state index contributed by atoms with van der Waals surface area (Å²) in [5, 5.41) is 69.2. The molecule has 0 bridgehead atoms. The van der Waals surface area contributed by atoms with Crippen molar-refractivity contribution in [3.8, 4) is 0 Å². The molecule has 2 aliphatic rings. The Balaban J connectivity index is 2.11. The lowest BCUT2D eigenvalue weighted by molar-refractivity contribution is -0.200. The molecule has 362 valence electrons. The van der Waals surface area contributed by atoms with Crippen LogP contribution in [0.3, 0.4) is 0 Å². The van der Waals surface area contributed by atoms with Gasteiger partial charge in [-0.15, -0.1) is 11.3 Å². The summed E-state index contributed by atoms with van der Waals surface area (Å²) in [4.78, 5) is 46.5. The van der Waals surface area contributed by atoms with E-state index < -0.39 is 102 Å². The van der Waals surface area contributed by atoms with E-state index in [9.17, 15) is 45.0 Å². The number of aliphatic hydroxyl groups excluding tert-OH is 5. The summed E-state index contributed by atoms with van der Waals surface area (Å²) in [6, 6.07) is 0. The molecule has 6 N–H and O–H groups in total. The van der Waals surface area contributed by atoms with Crippen molar-refractivity contribution in [1.29, 1.82) is 0 Å². The predicted octanol–water partition coefficient (Wildman–Crippen LogP) is 5.70. The number of ether oxygens (including phenoxy) is 4. The topological polar surface area (TPSA) is 226 Å². The summed E-state index contributed by atoms with van der Waals surface area (Å²) in [6.45, 7) is 19.8. The summed E-state index contributed by atoms with van der Waals surface area (Å²) in [7, 11) is 1.41. The second-order valence-corrected chi connectivity index (χ2v) is 20.1. The molecule has 1 aromatic rings. The number of methoxy groups -OCH3 is 1. The number of carbonyl (C=O) groups excluding carboxylic acids is 3. The van der Waals surface area contributed by atoms with Crippen LogP contribution < -0.4 is 0 Å². The normalized spacial score (nSPS) is 36.5. The minimum atomic E-state index is -1.94. The van der Waals surface area contributed by atoms with Crippen molar-refractivity contribution >= 4 is 29.1 Å². The van der Waals surface area contributed by atoms with Gasteiger partial charge >= 0.3 is 11.9 Å². The second kappa shape index (κ2) is 23.6. The van der Waals surface area contributed by atoms with E-state index in [-0.39, 0.29) is 43.5 Å². The van der Waals surface area contributed by atoms with E-state index in [0.29, 0.717) is 12.0 Å². The fourth-order valence-electron chi connectivity index (χ4n) is 8.13. The third kappa shape index (κ3) is 14.2. The molecule has 16 atom stereocenters. The molecule has 3 heterocycles. The Bertz CT molecular complexity index is 1840. The lowest BCUT2D eigenvalue weighted by Crippen LogP contribution is -2.52. The van der Waals surface area contributed by atoms with Crippen LogP contribution in [0.25, 0.3) is 0 Å².